The molecule has 2 spiro atoms. The van der Waals surface area contributed by atoms with Gasteiger partial charge in [0.1, 0.15) is 12.2 Å². The predicted octanol–water partition coefficient (Wildman–Crippen LogP) is 6.13. The number of fused-ring (bicyclic) bond motifs is 4. The number of ether oxygens (including phenoxy) is 3. The zero-order valence-electron chi connectivity index (χ0n) is 27.6. The number of nitrogens with zero attached hydrogens (tertiary/aromatic N) is 1. The Morgan fingerprint density at radius 1 is 1.00 bits per heavy atom. The molecular weight excluding hydrogens is 544 g/mol. The number of nitrogens with two attached hydrogens (primary N) is 1. The van der Waals surface area contributed by atoms with Crippen molar-refractivity contribution in [2.75, 3.05) is 13.1 Å². The third kappa shape index (κ3) is 3.74. The number of primary amides is 1. The van der Waals surface area contributed by atoms with Crippen LogP contribution in [0.1, 0.15) is 106 Å². The first-order valence-corrected chi connectivity index (χ1v) is 17.4. The van der Waals surface area contributed by atoms with Gasteiger partial charge in [-0.25, -0.2) is 9.59 Å². The Morgan fingerprint density at radius 3 is 2.30 bits per heavy atom. The summed E-state index contributed by atoms with van der Waals surface area (Å²) in [5.41, 5.74) is 5.62. The summed E-state index contributed by atoms with van der Waals surface area (Å²) in [6.45, 7) is 17.6. The third-order valence-corrected chi connectivity index (χ3v) is 15.4. The topological polar surface area (TPSA) is 111 Å². The van der Waals surface area contributed by atoms with Crippen LogP contribution in [-0.4, -0.2) is 65.8 Å². The first kappa shape index (κ1) is 30.1. The van der Waals surface area contributed by atoms with Crippen molar-refractivity contribution in [2.24, 2.45) is 62.4 Å². The number of carbonyl (C=O) groups excluding carboxylic acids is 2. The summed E-state index contributed by atoms with van der Waals surface area (Å²) in [4.78, 5) is 26.4. The second-order valence-electron chi connectivity index (χ2n) is 17.4. The lowest BCUT2D eigenvalue weighted by molar-refractivity contribution is -0.185. The molecule has 5 aliphatic carbocycles. The van der Waals surface area contributed by atoms with Gasteiger partial charge < -0.3 is 30.0 Å². The number of carbonyl (C=O) groups is 2. The van der Waals surface area contributed by atoms with Crippen molar-refractivity contribution < 1.29 is 28.9 Å². The van der Waals surface area contributed by atoms with Gasteiger partial charge in [-0.2, -0.15) is 0 Å². The highest BCUT2D eigenvalue weighted by Crippen LogP contribution is 2.89. The number of rotatable bonds is 4. The lowest BCUT2D eigenvalue weighted by Gasteiger charge is -2.63. The van der Waals surface area contributed by atoms with Gasteiger partial charge in [0.15, 0.2) is 0 Å². The van der Waals surface area contributed by atoms with Gasteiger partial charge in [-0.3, -0.25) is 0 Å². The number of aliphatic hydroxyl groups is 1. The number of hydrogen-bond donors (Lipinski definition) is 2. The summed E-state index contributed by atoms with van der Waals surface area (Å²) < 4.78 is 18.8. The minimum Gasteiger partial charge on any atom is -0.446 e. The lowest BCUT2D eigenvalue weighted by Crippen LogP contribution is -2.60. The molecule has 0 aromatic heterocycles. The Balaban J connectivity index is 1.16. The summed E-state index contributed by atoms with van der Waals surface area (Å²) in [7, 11) is 0. The van der Waals surface area contributed by atoms with Gasteiger partial charge in [-0.05, 0) is 104 Å². The maximum Gasteiger partial charge on any atom is 0.410 e. The van der Waals surface area contributed by atoms with E-state index >= 15 is 0 Å². The van der Waals surface area contributed by atoms with Crippen molar-refractivity contribution in [2.45, 2.75) is 137 Å². The Morgan fingerprint density at radius 2 is 1.67 bits per heavy atom. The van der Waals surface area contributed by atoms with Crippen molar-refractivity contribution >= 4 is 12.2 Å². The van der Waals surface area contributed by atoms with Crippen molar-refractivity contribution in [1.29, 1.82) is 0 Å². The van der Waals surface area contributed by atoms with Crippen molar-refractivity contribution in [3.63, 3.8) is 0 Å². The molecule has 0 radical (unpaired) electrons. The van der Waals surface area contributed by atoms with Gasteiger partial charge >= 0.3 is 12.2 Å². The molecule has 13 atom stereocenters. The molecule has 8 heteroatoms. The van der Waals surface area contributed by atoms with E-state index in [4.69, 9.17) is 19.9 Å². The van der Waals surface area contributed by atoms with E-state index in [1.807, 2.05) is 0 Å². The Kier molecular flexibility index (Phi) is 6.65. The maximum atomic E-state index is 12.9. The van der Waals surface area contributed by atoms with Gasteiger partial charge in [0.05, 0.1) is 18.3 Å². The van der Waals surface area contributed by atoms with E-state index in [0.29, 0.717) is 17.8 Å². The highest BCUT2D eigenvalue weighted by Gasteiger charge is 2.84. The number of likely N-dealkylation sites (tertiary alicyclic amines) is 1. The van der Waals surface area contributed by atoms with Crippen LogP contribution in [0.15, 0.2) is 0 Å². The summed E-state index contributed by atoms with van der Waals surface area (Å²) in [6.07, 6.45) is 7.28. The SMILES string of the molecule is CC(C)[C@@H](OC(=O)N1CCC1)C1C[C@@H](C)[C@H]2C(O1)[C@H](O)[C@@]1(C)C3CC[C@H]4C(C)(C)C(OC(N)=O)CC[C@@]45C[C@@]35CC[C@]21C. The Bertz CT molecular complexity index is 1170. The van der Waals surface area contributed by atoms with Gasteiger partial charge in [0.2, 0.25) is 0 Å². The fraction of sp³-hybridized carbons (Fsp3) is 0.943. The molecule has 3 N–H and O–H groups in total. The average Bonchev–Trinajstić information content (AvgIpc) is 3.52. The highest BCUT2D eigenvalue weighted by atomic mass is 16.6. The van der Waals surface area contributed by atoms with E-state index < -0.39 is 12.2 Å². The molecule has 2 aliphatic heterocycles. The van der Waals surface area contributed by atoms with E-state index in [1.165, 1.54) is 12.8 Å². The minimum atomic E-state index is -0.659. The van der Waals surface area contributed by atoms with Gasteiger partial charge in [0, 0.05) is 23.9 Å². The molecule has 2 amide bonds. The monoisotopic (exact) mass is 600 g/mol. The molecule has 7 rings (SSSR count). The first-order valence-electron chi connectivity index (χ1n) is 17.4. The van der Waals surface area contributed by atoms with E-state index in [-0.39, 0.29) is 69.4 Å². The summed E-state index contributed by atoms with van der Waals surface area (Å²) >= 11 is 0. The molecule has 0 aromatic carbocycles. The van der Waals surface area contributed by atoms with E-state index in [1.54, 1.807) is 4.90 Å². The molecular formula is C35H56N2O6. The number of amides is 2. The third-order valence-electron chi connectivity index (χ3n) is 15.4. The van der Waals surface area contributed by atoms with Crippen LogP contribution in [0.25, 0.3) is 0 Å². The number of aliphatic hydroxyl groups excluding tert-OH is 1. The molecule has 5 saturated carbocycles. The van der Waals surface area contributed by atoms with Crippen molar-refractivity contribution in [3.8, 4) is 0 Å². The zero-order valence-corrected chi connectivity index (χ0v) is 27.6. The Hall–Kier alpha value is -1.54. The van der Waals surface area contributed by atoms with Gasteiger partial charge in [-0.1, -0.05) is 48.5 Å². The van der Waals surface area contributed by atoms with Crippen molar-refractivity contribution in [1.82, 2.24) is 4.90 Å². The van der Waals surface area contributed by atoms with E-state index in [9.17, 15) is 14.7 Å². The normalized spacial score (nSPS) is 51.5. The first-order chi connectivity index (χ1) is 20.1. The van der Waals surface area contributed by atoms with Crippen LogP contribution in [-0.2, 0) is 14.2 Å². The molecule has 0 aromatic rings. The Labute approximate surface area is 258 Å². The van der Waals surface area contributed by atoms with Gasteiger partial charge in [0.25, 0.3) is 0 Å². The van der Waals surface area contributed by atoms with Crippen LogP contribution in [0.4, 0.5) is 9.59 Å². The van der Waals surface area contributed by atoms with Crippen LogP contribution in [0.5, 0.6) is 0 Å². The molecule has 0 bridgehead atoms. The van der Waals surface area contributed by atoms with E-state index in [0.717, 1.165) is 58.0 Å². The summed E-state index contributed by atoms with van der Waals surface area (Å²) in [6, 6.07) is 0. The van der Waals surface area contributed by atoms with Crippen LogP contribution in [0.2, 0.25) is 0 Å². The molecule has 7 aliphatic rings. The van der Waals surface area contributed by atoms with Crippen LogP contribution in [0, 0.1) is 56.7 Å². The minimum absolute atomic E-state index is 0.0164. The molecule has 43 heavy (non-hydrogen) atoms. The molecule has 242 valence electrons. The summed E-state index contributed by atoms with van der Waals surface area (Å²) in [5.74, 6) is 1.72. The second-order valence-corrected chi connectivity index (χ2v) is 17.4. The largest absolute Gasteiger partial charge is 0.446 e. The molecule has 4 unspecified atom stereocenters. The van der Waals surface area contributed by atoms with Gasteiger partial charge in [-0.15, -0.1) is 0 Å². The number of hydrogen-bond acceptors (Lipinski definition) is 6. The van der Waals surface area contributed by atoms with Crippen LogP contribution >= 0.6 is 0 Å². The van der Waals surface area contributed by atoms with Crippen molar-refractivity contribution in [3.05, 3.63) is 0 Å². The predicted molar refractivity (Wildman–Crippen MR) is 162 cm³/mol. The second kappa shape index (κ2) is 9.49. The summed E-state index contributed by atoms with van der Waals surface area (Å²) in [5, 5.41) is 12.5. The van der Waals surface area contributed by atoms with Crippen LogP contribution in [0.3, 0.4) is 0 Å². The molecule has 2 heterocycles. The highest BCUT2D eigenvalue weighted by molar-refractivity contribution is 5.68. The fourth-order valence-corrected chi connectivity index (χ4v) is 13.2. The smallest absolute Gasteiger partial charge is 0.410 e. The van der Waals surface area contributed by atoms with Crippen LogP contribution < -0.4 is 5.73 Å². The lowest BCUT2D eigenvalue weighted by atomic mass is 9.41. The molecule has 7 fully saturated rings. The molecule has 8 nitrogen and oxygen atoms in total. The maximum absolute atomic E-state index is 12.9. The molecule has 2 saturated heterocycles. The quantitative estimate of drug-likeness (QED) is 0.402. The van der Waals surface area contributed by atoms with E-state index in [2.05, 4.69) is 48.5 Å². The standard InChI is InChI=1S/C35H56N2O6/c1-19(2)26(43-30(40)37-15-8-16-37)21-17-20(3)25-27(41-21)28(38)33(7)23-10-9-22-31(4,5)24(42-29(36)39)11-12-34(22)18-35(23,34)14-13-32(25,33)6/h19-28,38H,8-18H2,1-7H3,(H2,36,39)/t20-,21?,22+,23?,24?,25+,26-,27?,28+,32-,33-,34-,35+/m1/s1. The fourth-order valence-electron chi connectivity index (χ4n) is 13.2. The zero-order chi connectivity index (χ0) is 30.9. The average molecular weight is 601 g/mol.